The van der Waals surface area contributed by atoms with Crippen molar-refractivity contribution >= 4 is 28.6 Å². The lowest BCUT2D eigenvalue weighted by molar-refractivity contribution is -0.373. The highest BCUT2D eigenvalue weighted by Crippen LogP contribution is 2.57. The first-order valence-electron chi connectivity index (χ1n) is 8.84. The van der Waals surface area contributed by atoms with Gasteiger partial charge in [0, 0.05) is 0 Å². The number of rotatable bonds is 6. The van der Waals surface area contributed by atoms with Gasteiger partial charge in [-0.05, 0) is 62.7 Å². The molecule has 5 atom stereocenters. The van der Waals surface area contributed by atoms with Gasteiger partial charge in [0.2, 0.25) is 0 Å². The Labute approximate surface area is 167 Å². The van der Waals surface area contributed by atoms with Crippen molar-refractivity contribution in [1.82, 2.24) is 0 Å². The van der Waals surface area contributed by atoms with E-state index in [1.165, 1.54) is 0 Å². The van der Waals surface area contributed by atoms with Crippen LogP contribution in [0.15, 0.2) is 0 Å². The Balaban J connectivity index is 1.96. The molecule has 0 spiro atoms. The first-order chi connectivity index (χ1) is 12.1. The van der Waals surface area contributed by atoms with Crippen molar-refractivity contribution in [2.24, 2.45) is 23.7 Å². The van der Waals surface area contributed by atoms with Crippen LogP contribution in [0.5, 0.6) is 0 Å². The number of carbonyl (C=O) groups excluding carboxylic acids is 1. The fraction of sp³-hybridized carbons (Fsp3) is 0.941. The molecular formula is C17H23F6IO3. The molecule has 0 aliphatic heterocycles. The summed E-state index contributed by atoms with van der Waals surface area (Å²) in [5.41, 5.74) is -4.68. The normalized spacial score (nSPS) is 31.0. The van der Waals surface area contributed by atoms with E-state index in [4.69, 9.17) is 4.74 Å². The van der Waals surface area contributed by atoms with E-state index < -0.39 is 33.7 Å². The van der Waals surface area contributed by atoms with Crippen LogP contribution in [0.2, 0.25) is 0 Å². The molecular weight excluding hydrogens is 493 g/mol. The Kier molecular flexibility index (Phi) is 6.42. The van der Waals surface area contributed by atoms with Gasteiger partial charge < -0.3 is 9.84 Å². The number of halogens is 7. The maximum atomic E-state index is 12.9. The molecule has 2 fully saturated rings. The number of aliphatic hydroxyl groups is 1. The highest BCUT2D eigenvalue weighted by Gasteiger charge is 2.71. The predicted octanol–water partition coefficient (Wildman–Crippen LogP) is 5.04. The molecule has 5 unspecified atom stereocenters. The average Bonchev–Trinajstić information content (AvgIpc) is 3.09. The molecule has 0 aromatic heterocycles. The van der Waals surface area contributed by atoms with E-state index >= 15 is 0 Å². The molecule has 0 saturated heterocycles. The second-order valence-corrected chi connectivity index (χ2v) is 10.3. The molecule has 158 valence electrons. The molecule has 0 amide bonds. The zero-order valence-electron chi connectivity index (χ0n) is 15.0. The topological polar surface area (TPSA) is 46.5 Å². The monoisotopic (exact) mass is 516 g/mol. The number of carbonyl (C=O) groups is 1. The maximum absolute atomic E-state index is 12.9. The van der Waals surface area contributed by atoms with E-state index in [-0.39, 0.29) is 36.8 Å². The van der Waals surface area contributed by atoms with Crippen molar-refractivity contribution in [2.45, 2.75) is 67.3 Å². The van der Waals surface area contributed by atoms with Gasteiger partial charge in [-0.15, -0.1) is 0 Å². The SMILES string of the molecule is CCC(C)(I)C(=O)OCC1CC2CC1CC2CC(O)(C(F)(F)F)C(F)(F)F. The number of alkyl halides is 7. The molecule has 1 N–H and O–H groups in total. The second-order valence-electron chi connectivity index (χ2n) is 7.96. The summed E-state index contributed by atoms with van der Waals surface area (Å²) < 4.78 is 82.1. The van der Waals surface area contributed by atoms with Crippen LogP contribution in [0.1, 0.15) is 46.0 Å². The minimum absolute atomic E-state index is 0.0517. The Morgan fingerprint density at radius 2 is 1.52 bits per heavy atom. The fourth-order valence-corrected chi connectivity index (χ4v) is 4.37. The van der Waals surface area contributed by atoms with Crippen LogP contribution >= 0.6 is 22.6 Å². The minimum atomic E-state index is -5.77. The van der Waals surface area contributed by atoms with Crippen LogP contribution in [0.25, 0.3) is 0 Å². The Bertz CT molecular complexity index is 546. The summed E-state index contributed by atoms with van der Waals surface area (Å²) in [5, 5.41) is 9.41. The van der Waals surface area contributed by atoms with Crippen LogP contribution in [0.3, 0.4) is 0 Å². The van der Waals surface area contributed by atoms with E-state index in [2.05, 4.69) is 0 Å². The summed E-state index contributed by atoms with van der Waals surface area (Å²) in [5.74, 6) is -1.68. The molecule has 2 rings (SSSR count). The van der Waals surface area contributed by atoms with Gasteiger partial charge in [0.15, 0.2) is 0 Å². The standard InChI is InChI=1S/C17H23F6IO3/c1-3-14(2,24)13(25)27-8-12-6-9-4-10(12)5-11(9)7-15(26,16(18,19)20)17(21,22)23/h9-12,26H,3-8H2,1-2H3. The molecule has 2 saturated carbocycles. The van der Waals surface area contributed by atoms with Gasteiger partial charge in [-0.25, -0.2) is 0 Å². The number of hydrogen-bond acceptors (Lipinski definition) is 3. The van der Waals surface area contributed by atoms with Crippen molar-refractivity contribution in [2.75, 3.05) is 6.61 Å². The maximum Gasteiger partial charge on any atom is 0.426 e. The molecule has 2 aliphatic rings. The Hall–Kier alpha value is -0.260. The molecule has 0 aromatic carbocycles. The second kappa shape index (κ2) is 7.53. The summed E-state index contributed by atoms with van der Waals surface area (Å²) in [6.45, 7) is 3.72. The zero-order chi connectivity index (χ0) is 20.8. The van der Waals surface area contributed by atoms with E-state index in [1.807, 2.05) is 29.5 Å². The van der Waals surface area contributed by atoms with Crippen molar-refractivity contribution in [3.05, 3.63) is 0 Å². The van der Waals surface area contributed by atoms with E-state index in [9.17, 15) is 36.2 Å². The smallest absolute Gasteiger partial charge is 0.426 e. The lowest BCUT2D eigenvalue weighted by Crippen LogP contribution is -2.58. The lowest BCUT2D eigenvalue weighted by atomic mass is 9.76. The van der Waals surface area contributed by atoms with Crippen LogP contribution in [-0.4, -0.2) is 39.1 Å². The van der Waals surface area contributed by atoms with Crippen molar-refractivity contribution < 1.29 is 41.0 Å². The van der Waals surface area contributed by atoms with Gasteiger partial charge in [-0.2, -0.15) is 26.3 Å². The molecule has 0 heterocycles. The van der Waals surface area contributed by atoms with Gasteiger partial charge >= 0.3 is 18.3 Å². The summed E-state index contributed by atoms with van der Waals surface area (Å²) in [6.07, 6.45) is -11.2. The van der Waals surface area contributed by atoms with Crippen LogP contribution in [0, 0.1) is 23.7 Å². The molecule has 0 radical (unpaired) electrons. The van der Waals surface area contributed by atoms with Crippen LogP contribution in [0.4, 0.5) is 26.3 Å². The molecule has 10 heteroatoms. The van der Waals surface area contributed by atoms with Crippen molar-refractivity contribution in [1.29, 1.82) is 0 Å². The third-order valence-electron chi connectivity index (χ3n) is 6.16. The van der Waals surface area contributed by atoms with Gasteiger partial charge in [0.25, 0.3) is 5.60 Å². The molecule has 2 aliphatic carbocycles. The van der Waals surface area contributed by atoms with Gasteiger partial charge in [-0.1, -0.05) is 29.5 Å². The highest BCUT2D eigenvalue weighted by atomic mass is 127. The van der Waals surface area contributed by atoms with Crippen LogP contribution in [-0.2, 0) is 9.53 Å². The zero-order valence-corrected chi connectivity index (χ0v) is 17.1. The third kappa shape index (κ3) is 4.51. The average molecular weight is 516 g/mol. The number of hydrogen-bond donors (Lipinski definition) is 1. The van der Waals surface area contributed by atoms with Crippen LogP contribution < -0.4 is 0 Å². The minimum Gasteiger partial charge on any atom is -0.464 e. The lowest BCUT2D eigenvalue weighted by Gasteiger charge is -2.37. The Morgan fingerprint density at radius 1 is 1.04 bits per heavy atom. The fourth-order valence-electron chi connectivity index (χ4n) is 4.22. The summed E-state index contributed by atoms with van der Waals surface area (Å²) >= 11 is 1.99. The van der Waals surface area contributed by atoms with E-state index in [0.717, 1.165) is 0 Å². The van der Waals surface area contributed by atoms with Gasteiger partial charge in [0.1, 0.15) is 3.42 Å². The number of fused-ring (bicyclic) bond motifs is 2. The van der Waals surface area contributed by atoms with Gasteiger partial charge in [0.05, 0.1) is 6.61 Å². The van der Waals surface area contributed by atoms with E-state index in [1.54, 1.807) is 6.92 Å². The molecule has 2 bridgehead atoms. The first-order valence-corrected chi connectivity index (χ1v) is 9.92. The molecule has 3 nitrogen and oxygen atoms in total. The summed E-state index contributed by atoms with van der Waals surface area (Å²) in [4.78, 5) is 12.0. The quantitative estimate of drug-likeness (QED) is 0.233. The summed E-state index contributed by atoms with van der Waals surface area (Å²) in [7, 11) is 0. The molecule has 27 heavy (non-hydrogen) atoms. The Morgan fingerprint density at radius 3 is 1.93 bits per heavy atom. The highest BCUT2D eigenvalue weighted by molar-refractivity contribution is 14.1. The first kappa shape index (κ1) is 23.0. The van der Waals surface area contributed by atoms with Crippen molar-refractivity contribution in [3.8, 4) is 0 Å². The van der Waals surface area contributed by atoms with Crippen molar-refractivity contribution in [3.63, 3.8) is 0 Å². The summed E-state index contributed by atoms with van der Waals surface area (Å²) in [6, 6.07) is 0. The van der Waals surface area contributed by atoms with E-state index in [0.29, 0.717) is 19.3 Å². The number of ether oxygens (including phenoxy) is 1. The third-order valence-corrected chi connectivity index (χ3v) is 7.37. The molecule has 0 aromatic rings. The number of esters is 1. The van der Waals surface area contributed by atoms with Gasteiger partial charge in [-0.3, -0.25) is 4.79 Å². The predicted molar refractivity (Wildman–Crippen MR) is 93.2 cm³/mol. The largest absolute Gasteiger partial charge is 0.464 e.